The Balaban J connectivity index is 1.56. The van der Waals surface area contributed by atoms with E-state index in [1.54, 1.807) is 12.4 Å². The van der Waals surface area contributed by atoms with Gasteiger partial charge in [0.2, 0.25) is 0 Å². The first-order valence-electron chi connectivity index (χ1n) is 9.70. The van der Waals surface area contributed by atoms with Crippen molar-refractivity contribution in [2.45, 2.75) is 19.9 Å². The first-order valence-corrected chi connectivity index (χ1v) is 9.70. The number of anilines is 2. The van der Waals surface area contributed by atoms with Crippen LogP contribution < -0.4 is 10.2 Å². The normalized spacial score (nSPS) is 15.4. The number of hydrogen-bond acceptors (Lipinski definition) is 5. The monoisotopic (exact) mass is 378 g/mol. The number of likely N-dealkylation sites (N-methyl/N-ethyl adjacent to an activating group) is 1. The zero-order chi connectivity index (χ0) is 19.7. The highest BCUT2D eigenvalue weighted by Gasteiger charge is 2.18. The van der Waals surface area contributed by atoms with E-state index in [1.807, 2.05) is 28.9 Å². The van der Waals surface area contributed by atoms with Gasteiger partial charge in [0.1, 0.15) is 0 Å². The molecular weight excluding hydrogens is 352 g/mol. The highest BCUT2D eigenvalue weighted by molar-refractivity contribution is 6.07. The molecule has 3 aromatic rings. The number of piperazine rings is 1. The molecule has 28 heavy (non-hydrogen) atoms. The lowest BCUT2D eigenvalue weighted by Gasteiger charge is -2.35. The first kappa shape index (κ1) is 18.4. The number of fused-ring (bicyclic) bond motifs is 1. The second kappa shape index (κ2) is 7.59. The number of nitrogens with zero attached hydrogens (tertiary/aromatic N) is 5. The Kier molecular flexibility index (Phi) is 5.00. The summed E-state index contributed by atoms with van der Waals surface area (Å²) < 4.78 is 1.86. The molecule has 1 aromatic carbocycles. The lowest BCUT2D eigenvalue weighted by molar-refractivity contribution is 0.102. The predicted octanol–water partition coefficient (Wildman–Crippen LogP) is 3.02. The number of aromatic nitrogens is 3. The van der Waals surface area contributed by atoms with E-state index in [9.17, 15) is 4.79 Å². The third-order valence-electron chi connectivity index (χ3n) is 5.18. The van der Waals surface area contributed by atoms with Crippen molar-refractivity contribution in [2.75, 3.05) is 43.4 Å². The molecule has 0 atom stereocenters. The Morgan fingerprint density at radius 1 is 1.11 bits per heavy atom. The Hall–Kier alpha value is -2.93. The predicted molar refractivity (Wildman–Crippen MR) is 112 cm³/mol. The number of hydrogen-bond donors (Lipinski definition) is 1. The summed E-state index contributed by atoms with van der Waals surface area (Å²) in [5.41, 5.74) is 3.22. The molecule has 146 valence electrons. The van der Waals surface area contributed by atoms with Crippen molar-refractivity contribution in [3.63, 3.8) is 0 Å². The van der Waals surface area contributed by atoms with Gasteiger partial charge < -0.3 is 15.1 Å². The van der Waals surface area contributed by atoms with Gasteiger partial charge in [-0.15, -0.1) is 0 Å². The van der Waals surface area contributed by atoms with Gasteiger partial charge in [0.05, 0.1) is 23.1 Å². The van der Waals surface area contributed by atoms with Crippen molar-refractivity contribution in [1.29, 1.82) is 0 Å². The molecule has 0 spiro atoms. The molecule has 1 amide bonds. The van der Waals surface area contributed by atoms with Crippen molar-refractivity contribution in [1.82, 2.24) is 19.7 Å². The van der Waals surface area contributed by atoms with Crippen molar-refractivity contribution in [2.24, 2.45) is 0 Å². The maximum absolute atomic E-state index is 12.9. The van der Waals surface area contributed by atoms with E-state index in [2.05, 4.69) is 52.2 Å². The van der Waals surface area contributed by atoms with Crippen LogP contribution in [-0.4, -0.2) is 58.8 Å². The number of amides is 1. The number of carbonyl (C=O) groups excluding carboxylic acids is 1. The van der Waals surface area contributed by atoms with Gasteiger partial charge in [-0.25, -0.2) is 9.67 Å². The lowest BCUT2D eigenvalue weighted by Crippen LogP contribution is -2.44. The number of rotatable bonds is 4. The fourth-order valence-electron chi connectivity index (χ4n) is 3.54. The minimum Gasteiger partial charge on any atom is -0.367 e. The van der Waals surface area contributed by atoms with Crippen LogP contribution in [0.4, 0.5) is 11.4 Å². The van der Waals surface area contributed by atoms with E-state index in [0.717, 1.165) is 48.6 Å². The largest absolute Gasteiger partial charge is 0.367 e. The summed E-state index contributed by atoms with van der Waals surface area (Å²) in [5.74, 6) is -0.159. The van der Waals surface area contributed by atoms with Crippen LogP contribution >= 0.6 is 0 Å². The molecule has 3 heterocycles. The van der Waals surface area contributed by atoms with E-state index >= 15 is 0 Å². The summed E-state index contributed by atoms with van der Waals surface area (Å²) >= 11 is 0. The minimum atomic E-state index is -0.159. The topological polar surface area (TPSA) is 66.3 Å². The van der Waals surface area contributed by atoms with Gasteiger partial charge in [0, 0.05) is 43.8 Å². The van der Waals surface area contributed by atoms with Crippen LogP contribution in [-0.2, 0) is 0 Å². The lowest BCUT2D eigenvalue weighted by atomic mass is 10.2. The van der Waals surface area contributed by atoms with Gasteiger partial charge >= 0.3 is 0 Å². The summed E-state index contributed by atoms with van der Waals surface area (Å²) in [6, 6.07) is 10.0. The molecule has 4 rings (SSSR count). The van der Waals surface area contributed by atoms with E-state index < -0.39 is 0 Å². The number of pyridine rings is 1. The molecule has 0 unspecified atom stereocenters. The van der Waals surface area contributed by atoms with Crippen molar-refractivity contribution < 1.29 is 4.79 Å². The van der Waals surface area contributed by atoms with Crippen LogP contribution in [0.1, 0.15) is 30.2 Å². The summed E-state index contributed by atoms with van der Waals surface area (Å²) in [6.07, 6.45) is 3.38. The molecule has 1 aliphatic rings. The number of para-hydroxylation sites is 2. The smallest absolute Gasteiger partial charge is 0.257 e. The average Bonchev–Trinajstić information content (AvgIpc) is 3.12. The van der Waals surface area contributed by atoms with Gasteiger partial charge in [0.25, 0.3) is 5.91 Å². The second-order valence-corrected chi connectivity index (χ2v) is 7.58. The molecule has 1 N–H and O–H groups in total. The Morgan fingerprint density at radius 2 is 1.86 bits per heavy atom. The fraction of sp³-hybridized carbons (Fsp3) is 0.381. The molecule has 0 radical (unpaired) electrons. The molecule has 0 bridgehead atoms. The zero-order valence-electron chi connectivity index (χ0n) is 16.6. The third kappa shape index (κ3) is 3.57. The molecule has 7 heteroatoms. The summed E-state index contributed by atoms with van der Waals surface area (Å²) in [6.45, 7) is 8.05. The van der Waals surface area contributed by atoms with Gasteiger partial charge in [0.15, 0.2) is 5.65 Å². The SMILES string of the molecule is CC(C)n1ncc2cc(C(=O)Nc3ccccc3N3CCN(C)CC3)cnc21. The molecule has 1 saturated heterocycles. The number of nitrogens with one attached hydrogen (secondary N) is 1. The first-order chi connectivity index (χ1) is 13.5. The molecule has 1 fully saturated rings. The molecular formula is C21H26N6O. The van der Waals surface area contributed by atoms with Crippen molar-refractivity contribution in [3.8, 4) is 0 Å². The van der Waals surface area contributed by atoms with Crippen molar-refractivity contribution >= 4 is 28.3 Å². The van der Waals surface area contributed by atoms with E-state index in [0.29, 0.717) is 5.56 Å². The van der Waals surface area contributed by atoms with Crippen LogP contribution in [0.2, 0.25) is 0 Å². The van der Waals surface area contributed by atoms with Crippen LogP contribution in [0.25, 0.3) is 11.0 Å². The van der Waals surface area contributed by atoms with E-state index in [4.69, 9.17) is 0 Å². The summed E-state index contributed by atoms with van der Waals surface area (Å²) in [7, 11) is 2.13. The Morgan fingerprint density at radius 3 is 2.61 bits per heavy atom. The van der Waals surface area contributed by atoms with Gasteiger partial charge in [-0.2, -0.15) is 5.10 Å². The molecule has 1 aliphatic heterocycles. The Labute approximate surface area is 165 Å². The zero-order valence-corrected chi connectivity index (χ0v) is 16.6. The van der Waals surface area contributed by atoms with Crippen LogP contribution in [0.15, 0.2) is 42.7 Å². The summed E-state index contributed by atoms with van der Waals surface area (Å²) in [5, 5.41) is 8.31. The summed E-state index contributed by atoms with van der Waals surface area (Å²) in [4.78, 5) is 22.0. The van der Waals surface area contributed by atoms with E-state index in [-0.39, 0.29) is 11.9 Å². The fourth-order valence-corrected chi connectivity index (χ4v) is 3.54. The Bertz CT molecular complexity index is 987. The maximum atomic E-state index is 12.9. The standard InChI is InChI=1S/C21H26N6O/c1-15(2)27-20-16(14-23-27)12-17(13-22-20)21(28)24-18-6-4-5-7-19(18)26-10-8-25(3)9-11-26/h4-7,12-15H,8-11H2,1-3H3,(H,24,28). The quantitative estimate of drug-likeness (QED) is 0.756. The minimum absolute atomic E-state index is 0.159. The molecule has 7 nitrogen and oxygen atoms in total. The van der Waals surface area contributed by atoms with Gasteiger partial charge in [-0.3, -0.25) is 4.79 Å². The van der Waals surface area contributed by atoms with Crippen LogP contribution in [0.3, 0.4) is 0 Å². The van der Waals surface area contributed by atoms with Gasteiger partial charge in [-0.05, 0) is 39.1 Å². The van der Waals surface area contributed by atoms with Gasteiger partial charge in [-0.1, -0.05) is 12.1 Å². The molecule has 2 aromatic heterocycles. The van der Waals surface area contributed by atoms with E-state index in [1.165, 1.54) is 0 Å². The maximum Gasteiger partial charge on any atom is 0.257 e. The average molecular weight is 378 g/mol. The molecule has 0 aliphatic carbocycles. The molecule has 0 saturated carbocycles. The second-order valence-electron chi connectivity index (χ2n) is 7.58. The number of benzene rings is 1. The van der Waals surface area contributed by atoms with Crippen LogP contribution in [0.5, 0.6) is 0 Å². The highest BCUT2D eigenvalue weighted by Crippen LogP contribution is 2.27. The third-order valence-corrected chi connectivity index (χ3v) is 5.18. The highest BCUT2D eigenvalue weighted by atomic mass is 16.1. The number of carbonyl (C=O) groups is 1. The van der Waals surface area contributed by atoms with Crippen molar-refractivity contribution in [3.05, 3.63) is 48.3 Å². The van der Waals surface area contributed by atoms with Crippen LogP contribution in [0, 0.1) is 0 Å².